The second-order valence-electron chi connectivity index (χ2n) is 5.72. The average molecular weight is 371 g/mol. The number of piperidine rings is 1. The zero-order chi connectivity index (χ0) is 18.0. The molecule has 3 rings (SSSR count). The number of carbonyl (C=O) groups is 1. The zero-order valence-electron chi connectivity index (χ0n) is 13.1. The Morgan fingerprint density at radius 2 is 1.80 bits per heavy atom. The number of nitrogens with zero attached hydrogens (tertiary/aromatic N) is 2. The molecule has 0 radical (unpaired) electrons. The van der Waals surface area contributed by atoms with Gasteiger partial charge in [-0.3, -0.25) is 0 Å². The molecule has 1 fully saturated rings. The highest BCUT2D eigenvalue weighted by molar-refractivity contribution is 7.17. The van der Waals surface area contributed by atoms with E-state index in [1.54, 1.807) is 12.1 Å². The molecule has 25 heavy (non-hydrogen) atoms. The number of aromatic nitrogens is 1. The SMILES string of the molecule is O=C(O)c1sc(Nc2ccc(N3CCCCC3)cc2)nc1C(F)(F)F. The molecule has 0 amide bonds. The molecule has 9 heteroatoms. The lowest BCUT2D eigenvalue weighted by atomic mass is 10.1. The van der Waals surface area contributed by atoms with Crippen LogP contribution in [-0.2, 0) is 6.18 Å². The van der Waals surface area contributed by atoms with Crippen LogP contribution in [0.5, 0.6) is 0 Å². The fraction of sp³-hybridized carbons (Fsp3) is 0.375. The highest BCUT2D eigenvalue weighted by Gasteiger charge is 2.39. The Labute approximate surface area is 146 Å². The molecule has 1 aliphatic rings. The number of anilines is 3. The smallest absolute Gasteiger partial charge is 0.435 e. The molecule has 2 N–H and O–H groups in total. The molecule has 5 nitrogen and oxygen atoms in total. The summed E-state index contributed by atoms with van der Waals surface area (Å²) in [4.78, 5) is 15.8. The molecule has 1 saturated heterocycles. The summed E-state index contributed by atoms with van der Waals surface area (Å²) >= 11 is 0.469. The molecule has 1 aliphatic heterocycles. The predicted molar refractivity (Wildman–Crippen MR) is 89.9 cm³/mol. The third-order valence-electron chi connectivity index (χ3n) is 3.93. The maximum atomic E-state index is 12.9. The molecule has 0 saturated carbocycles. The Kier molecular flexibility index (Phi) is 4.85. The van der Waals surface area contributed by atoms with Crippen molar-refractivity contribution in [2.24, 2.45) is 0 Å². The van der Waals surface area contributed by atoms with Crippen molar-refractivity contribution in [3.63, 3.8) is 0 Å². The van der Waals surface area contributed by atoms with Crippen molar-refractivity contribution in [1.82, 2.24) is 4.98 Å². The van der Waals surface area contributed by atoms with Gasteiger partial charge in [0.15, 0.2) is 10.8 Å². The highest BCUT2D eigenvalue weighted by atomic mass is 32.1. The van der Waals surface area contributed by atoms with Crippen LogP contribution in [-0.4, -0.2) is 29.1 Å². The van der Waals surface area contributed by atoms with E-state index in [1.165, 1.54) is 6.42 Å². The predicted octanol–water partition coefficient (Wildman–Crippen LogP) is 4.59. The van der Waals surface area contributed by atoms with Crippen molar-refractivity contribution in [2.45, 2.75) is 25.4 Å². The van der Waals surface area contributed by atoms with Gasteiger partial charge in [-0.2, -0.15) is 13.2 Å². The number of halogens is 3. The quantitative estimate of drug-likeness (QED) is 0.823. The summed E-state index contributed by atoms with van der Waals surface area (Å²) in [6.45, 7) is 1.99. The molecule has 0 spiro atoms. The molecule has 2 aromatic rings. The number of carboxylic acid groups (broad SMARTS) is 1. The number of hydrogen-bond donors (Lipinski definition) is 2. The van der Waals surface area contributed by atoms with Crippen LogP contribution in [0.1, 0.15) is 34.6 Å². The molecule has 134 valence electrons. The minimum Gasteiger partial charge on any atom is -0.477 e. The Bertz CT molecular complexity index is 753. The van der Waals surface area contributed by atoms with Gasteiger partial charge >= 0.3 is 12.1 Å². The number of carboxylic acids is 1. The largest absolute Gasteiger partial charge is 0.477 e. The first-order valence-electron chi connectivity index (χ1n) is 7.78. The topological polar surface area (TPSA) is 65.5 Å². The van der Waals surface area contributed by atoms with Gasteiger partial charge in [-0.05, 0) is 43.5 Å². The molecule has 1 aromatic carbocycles. The van der Waals surface area contributed by atoms with Crippen molar-refractivity contribution < 1.29 is 23.1 Å². The fourth-order valence-electron chi connectivity index (χ4n) is 2.74. The number of rotatable bonds is 4. The standard InChI is InChI=1S/C16H16F3N3O2S/c17-16(18,19)13-12(14(23)24)25-15(21-13)20-10-4-6-11(7-5-10)22-8-2-1-3-9-22/h4-7H,1-3,8-9H2,(H,20,21)(H,23,24). The second kappa shape index (κ2) is 6.91. The van der Waals surface area contributed by atoms with Crippen LogP contribution in [0.2, 0.25) is 0 Å². The summed E-state index contributed by atoms with van der Waals surface area (Å²) in [5, 5.41) is 11.6. The van der Waals surface area contributed by atoms with Gasteiger partial charge in [-0.15, -0.1) is 0 Å². The lowest BCUT2D eigenvalue weighted by molar-refractivity contribution is -0.141. The summed E-state index contributed by atoms with van der Waals surface area (Å²) < 4.78 is 38.6. The third-order valence-corrected chi connectivity index (χ3v) is 4.89. The van der Waals surface area contributed by atoms with Gasteiger partial charge in [0.05, 0.1) is 0 Å². The number of thiazole rings is 1. The van der Waals surface area contributed by atoms with E-state index in [4.69, 9.17) is 5.11 Å². The molecule has 0 bridgehead atoms. The molecule has 1 aromatic heterocycles. The zero-order valence-corrected chi connectivity index (χ0v) is 14.0. The maximum Gasteiger partial charge on any atom is 0.435 e. The van der Waals surface area contributed by atoms with Crippen LogP contribution in [0.15, 0.2) is 24.3 Å². The summed E-state index contributed by atoms with van der Waals surface area (Å²) in [6, 6.07) is 7.28. The summed E-state index contributed by atoms with van der Waals surface area (Å²) in [6.07, 6.45) is -1.27. The lowest BCUT2D eigenvalue weighted by Gasteiger charge is -2.28. The maximum absolute atomic E-state index is 12.9. The Morgan fingerprint density at radius 1 is 1.16 bits per heavy atom. The van der Waals surface area contributed by atoms with Gasteiger partial charge in [0.25, 0.3) is 0 Å². The number of hydrogen-bond acceptors (Lipinski definition) is 5. The van der Waals surface area contributed by atoms with Gasteiger partial charge in [-0.25, -0.2) is 9.78 Å². The molecule has 0 aliphatic carbocycles. The van der Waals surface area contributed by atoms with Crippen molar-refractivity contribution in [1.29, 1.82) is 0 Å². The van der Waals surface area contributed by atoms with Gasteiger partial charge in [0.1, 0.15) is 4.88 Å². The highest BCUT2D eigenvalue weighted by Crippen LogP contribution is 2.37. The van der Waals surface area contributed by atoms with Crippen LogP contribution in [0.3, 0.4) is 0 Å². The first kappa shape index (κ1) is 17.5. The van der Waals surface area contributed by atoms with E-state index >= 15 is 0 Å². The second-order valence-corrected chi connectivity index (χ2v) is 6.72. The Hall–Kier alpha value is -2.29. The lowest BCUT2D eigenvalue weighted by Crippen LogP contribution is -2.29. The molecule has 0 unspecified atom stereocenters. The van der Waals surface area contributed by atoms with Crippen molar-refractivity contribution in [3.05, 3.63) is 34.8 Å². The van der Waals surface area contributed by atoms with E-state index in [0.717, 1.165) is 31.6 Å². The first-order chi connectivity index (χ1) is 11.8. The normalized spacial score (nSPS) is 15.2. The van der Waals surface area contributed by atoms with Gasteiger partial charge in [0, 0.05) is 24.5 Å². The van der Waals surface area contributed by atoms with E-state index in [2.05, 4.69) is 15.2 Å². The van der Waals surface area contributed by atoms with Crippen LogP contribution >= 0.6 is 11.3 Å². The van der Waals surface area contributed by atoms with Crippen LogP contribution in [0.25, 0.3) is 0 Å². The van der Waals surface area contributed by atoms with E-state index < -0.39 is 22.7 Å². The van der Waals surface area contributed by atoms with Gasteiger partial charge < -0.3 is 15.3 Å². The Balaban J connectivity index is 1.77. The fourth-order valence-corrected chi connectivity index (χ4v) is 3.59. The van der Waals surface area contributed by atoms with Crippen LogP contribution in [0, 0.1) is 0 Å². The Morgan fingerprint density at radius 3 is 2.32 bits per heavy atom. The summed E-state index contributed by atoms with van der Waals surface area (Å²) in [7, 11) is 0. The van der Waals surface area contributed by atoms with Crippen molar-refractivity contribution >= 4 is 33.8 Å². The van der Waals surface area contributed by atoms with E-state index in [-0.39, 0.29) is 5.13 Å². The number of benzene rings is 1. The molecular formula is C16H16F3N3O2S. The van der Waals surface area contributed by atoms with E-state index in [1.807, 2.05) is 12.1 Å². The molecular weight excluding hydrogens is 355 g/mol. The summed E-state index contributed by atoms with van der Waals surface area (Å²) in [5.74, 6) is -1.64. The van der Waals surface area contributed by atoms with Crippen molar-refractivity contribution in [3.8, 4) is 0 Å². The average Bonchev–Trinajstić information content (AvgIpc) is 3.01. The van der Waals surface area contributed by atoms with Crippen LogP contribution < -0.4 is 10.2 Å². The van der Waals surface area contributed by atoms with Crippen molar-refractivity contribution in [2.75, 3.05) is 23.3 Å². The van der Waals surface area contributed by atoms with Gasteiger partial charge in [-0.1, -0.05) is 11.3 Å². The number of alkyl halides is 3. The third kappa shape index (κ3) is 4.04. The molecule has 0 atom stereocenters. The van der Waals surface area contributed by atoms with Crippen LogP contribution in [0.4, 0.5) is 29.7 Å². The van der Waals surface area contributed by atoms with E-state index in [9.17, 15) is 18.0 Å². The molecule has 2 heterocycles. The number of nitrogens with one attached hydrogen (secondary N) is 1. The van der Waals surface area contributed by atoms with E-state index in [0.29, 0.717) is 17.0 Å². The van der Waals surface area contributed by atoms with Gasteiger partial charge in [0.2, 0.25) is 0 Å². The number of aromatic carboxylic acids is 1. The minimum atomic E-state index is -4.80. The minimum absolute atomic E-state index is 0.101. The summed E-state index contributed by atoms with van der Waals surface area (Å²) in [5.41, 5.74) is 0.240. The first-order valence-corrected chi connectivity index (χ1v) is 8.59. The monoisotopic (exact) mass is 371 g/mol.